The lowest BCUT2D eigenvalue weighted by atomic mass is 9.98. The average Bonchev–Trinajstić information content (AvgIpc) is 2.18. The second-order valence-electron chi connectivity index (χ2n) is 3.20. The van der Waals surface area contributed by atoms with Gasteiger partial charge in [-0.2, -0.15) is 0 Å². The van der Waals surface area contributed by atoms with E-state index >= 15 is 0 Å². The molecule has 1 aromatic carbocycles. The fraction of sp³-hybridized carbons (Fsp3) is 0.300. The predicted molar refractivity (Wildman–Crippen MR) is 50.4 cm³/mol. The van der Waals surface area contributed by atoms with Gasteiger partial charge < -0.3 is 11.1 Å². The standard InChI is InChI=1S/C10H12N2O/c11-6-7-1-2-8-3-4-12-10(13)9(8)5-7/h1-2,5H,3-4,6,11H2,(H,12,13). The summed E-state index contributed by atoms with van der Waals surface area (Å²) in [6, 6.07) is 5.86. The Morgan fingerprint density at radius 2 is 2.31 bits per heavy atom. The summed E-state index contributed by atoms with van der Waals surface area (Å²) in [6.07, 6.45) is 0.923. The smallest absolute Gasteiger partial charge is 0.251 e. The summed E-state index contributed by atoms with van der Waals surface area (Å²) in [6.45, 7) is 1.23. The molecule has 1 amide bonds. The molecule has 3 heteroatoms. The molecular weight excluding hydrogens is 164 g/mol. The molecule has 0 aliphatic carbocycles. The highest BCUT2D eigenvalue weighted by Crippen LogP contribution is 2.15. The Balaban J connectivity index is 2.47. The molecule has 1 aliphatic heterocycles. The summed E-state index contributed by atoms with van der Waals surface area (Å²) in [5.74, 6) is 0.0246. The van der Waals surface area contributed by atoms with Gasteiger partial charge in [0.15, 0.2) is 0 Å². The van der Waals surface area contributed by atoms with Gasteiger partial charge in [0.2, 0.25) is 0 Å². The van der Waals surface area contributed by atoms with E-state index in [-0.39, 0.29) is 5.91 Å². The number of fused-ring (bicyclic) bond motifs is 1. The number of hydrogen-bond acceptors (Lipinski definition) is 2. The maximum atomic E-state index is 11.4. The van der Waals surface area contributed by atoms with E-state index in [9.17, 15) is 4.79 Å². The first-order valence-electron chi connectivity index (χ1n) is 4.41. The Kier molecular flexibility index (Phi) is 2.02. The number of carbonyl (C=O) groups excluding carboxylic acids is 1. The van der Waals surface area contributed by atoms with Gasteiger partial charge >= 0.3 is 0 Å². The van der Waals surface area contributed by atoms with Crippen LogP contribution in [0.1, 0.15) is 21.5 Å². The largest absolute Gasteiger partial charge is 0.352 e. The van der Waals surface area contributed by atoms with Crippen molar-refractivity contribution in [3.63, 3.8) is 0 Å². The molecule has 0 unspecified atom stereocenters. The number of nitrogens with two attached hydrogens (primary N) is 1. The highest BCUT2D eigenvalue weighted by Gasteiger charge is 2.15. The van der Waals surface area contributed by atoms with Gasteiger partial charge in [0.1, 0.15) is 0 Å². The molecule has 3 nitrogen and oxygen atoms in total. The molecule has 0 saturated carbocycles. The van der Waals surface area contributed by atoms with E-state index in [2.05, 4.69) is 5.32 Å². The Bertz CT molecular complexity index is 347. The van der Waals surface area contributed by atoms with E-state index in [0.29, 0.717) is 6.54 Å². The van der Waals surface area contributed by atoms with E-state index in [1.54, 1.807) is 0 Å². The second kappa shape index (κ2) is 3.18. The molecule has 68 valence electrons. The van der Waals surface area contributed by atoms with Crippen LogP contribution < -0.4 is 11.1 Å². The van der Waals surface area contributed by atoms with Crippen LogP contribution in [-0.4, -0.2) is 12.5 Å². The lowest BCUT2D eigenvalue weighted by Gasteiger charge is -2.16. The van der Waals surface area contributed by atoms with E-state index in [0.717, 1.165) is 29.7 Å². The Morgan fingerprint density at radius 1 is 1.46 bits per heavy atom. The normalized spacial score (nSPS) is 15.0. The fourth-order valence-corrected chi connectivity index (χ4v) is 1.59. The summed E-state index contributed by atoms with van der Waals surface area (Å²) in [5, 5.41) is 2.81. The topological polar surface area (TPSA) is 55.1 Å². The maximum Gasteiger partial charge on any atom is 0.251 e. The molecule has 0 radical (unpaired) electrons. The zero-order valence-corrected chi connectivity index (χ0v) is 7.34. The lowest BCUT2D eigenvalue weighted by Crippen LogP contribution is -2.31. The predicted octanol–water partition coefficient (Wildman–Crippen LogP) is 0.431. The van der Waals surface area contributed by atoms with Crippen molar-refractivity contribution >= 4 is 5.91 Å². The molecule has 0 bridgehead atoms. The van der Waals surface area contributed by atoms with Gasteiger partial charge in [0.05, 0.1) is 0 Å². The van der Waals surface area contributed by atoms with Crippen LogP contribution in [0.2, 0.25) is 0 Å². The number of carbonyl (C=O) groups is 1. The molecule has 0 spiro atoms. The van der Waals surface area contributed by atoms with Crippen LogP contribution >= 0.6 is 0 Å². The van der Waals surface area contributed by atoms with Gasteiger partial charge in [-0.3, -0.25) is 4.79 Å². The van der Waals surface area contributed by atoms with Gasteiger partial charge in [-0.25, -0.2) is 0 Å². The fourth-order valence-electron chi connectivity index (χ4n) is 1.59. The molecular formula is C10H12N2O. The maximum absolute atomic E-state index is 11.4. The highest BCUT2D eigenvalue weighted by atomic mass is 16.1. The van der Waals surface area contributed by atoms with Crippen LogP contribution in [0.4, 0.5) is 0 Å². The van der Waals surface area contributed by atoms with E-state index < -0.39 is 0 Å². The zero-order valence-electron chi connectivity index (χ0n) is 7.34. The summed E-state index contributed by atoms with van der Waals surface area (Å²) in [7, 11) is 0. The van der Waals surface area contributed by atoms with Crippen molar-refractivity contribution in [1.82, 2.24) is 5.32 Å². The molecule has 0 fully saturated rings. The van der Waals surface area contributed by atoms with E-state index in [4.69, 9.17) is 5.73 Å². The molecule has 1 aliphatic rings. The van der Waals surface area contributed by atoms with Gasteiger partial charge in [-0.05, 0) is 23.6 Å². The van der Waals surface area contributed by atoms with Crippen LogP contribution in [0.25, 0.3) is 0 Å². The highest BCUT2D eigenvalue weighted by molar-refractivity contribution is 5.96. The molecule has 1 aromatic rings. The first-order chi connectivity index (χ1) is 6.31. The molecule has 13 heavy (non-hydrogen) atoms. The van der Waals surface area contributed by atoms with Crippen LogP contribution in [0.15, 0.2) is 18.2 Å². The second-order valence-corrected chi connectivity index (χ2v) is 3.20. The van der Waals surface area contributed by atoms with Crippen molar-refractivity contribution < 1.29 is 4.79 Å². The number of hydrogen-bond donors (Lipinski definition) is 2. The number of benzene rings is 1. The Labute approximate surface area is 76.9 Å². The molecule has 0 saturated heterocycles. The third kappa shape index (κ3) is 1.42. The quantitative estimate of drug-likeness (QED) is 0.652. The Hall–Kier alpha value is -1.35. The van der Waals surface area contributed by atoms with Crippen molar-refractivity contribution in [2.45, 2.75) is 13.0 Å². The summed E-state index contributed by atoms with van der Waals surface area (Å²) < 4.78 is 0. The van der Waals surface area contributed by atoms with Gasteiger partial charge in [-0.15, -0.1) is 0 Å². The average molecular weight is 176 g/mol. The Morgan fingerprint density at radius 3 is 3.08 bits per heavy atom. The number of amides is 1. The van der Waals surface area contributed by atoms with Gasteiger partial charge in [-0.1, -0.05) is 12.1 Å². The summed E-state index contributed by atoms with van der Waals surface area (Å²) in [5.41, 5.74) is 8.42. The molecule has 0 aromatic heterocycles. The first kappa shape index (κ1) is 8.26. The molecule has 1 heterocycles. The first-order valence-corrected chi connectivity index (χ1v) is 4.41. The summed E-state index contributed by atoms with van der Waals surface area (Å²) in [4.78, 5) is 11.4. The van der Waals surface area contributed by atoms with Crippen LogP contribution in [0.3, 0.4) is 0 Å². The molecule has 3 N–H and O–H groups in total. The zero-order chi connectivity index (χ0) is 9.26. The van der Waals surface area contributed by atoms with Crippen molar-refractivity contribution in [2.24, 2.45) is 5.73 Å². The number of nitrogens with one attached hydrogen (secondary N) is 1. The van der Waals surface area contributed by atoms with E-state index in [1.807, 2.05) is 18.2 Å². The third-order valence-electron chi connectivity index (χ3n) is 2.33. The van der Waals surface area contributed by atoms with Crippen molar-refractivity contribution in [1.29, 1.82) is 0 Å². The SMILES string of the molecule is NCc1ccc2c(c1)C(=O)NCC2. The number of rotatable bonds is 1. The minimum atomic E-state index is 0.0246. The van der Waals surface area contributed by atoms with Crippen molar-refractivity contribution in [3.05, 3.63) is 34.9 Å². The van der Waals surface area contributed by atoms with Crippen molar-refractivity contribution in [2.75, 3.05) is 6.54 Å². The third-order valence-corrected chi connectivity index (χ3v) is 2.33. The molecule has 0 atom stereocenters. The monoisotopic (exact) mass is 176 g/mol. The van der Waals surface area contributed by atoms with Crippen LogP contribution in [0.5, 0.6) is 0 Å². The molecule has 2 rings (SSSR count). The lowest BCUT2D eigenvalue weighted by molar-refractivity contribution is 0.0946. The van der Waals surface area contributed by atoms with Crippen LogP contribution in [0, 0.1) is 0 Å². The summed E-state index contributed by atoms with van der Waals surface area (Å²) >= 11 is 0. The van der Waals surface area contributed by atoms with Gasteiger partial charge in [0, 0.05) is 18.7 Å². The minimum absolute atomic E-state index is 0.0246. The van der Waals surface area contributed by atoms with E-state index in [1.165, 1.54) is 0 Å². The van der Waals surface area contributed by atoms with Crippen LogP contribution in [-0.2, 0) is 13.0 Å². The van der Waals surface area contributed by atoms with Crippen molar-refractivity contribution in [3.8, 4) is 0 Å². The minimum Gasteiger partial charge on any atom is -0.352 e. The van der Waals surface area contributed by atoms with Gasteiger partial charge in [0.25, 0.3) is 5.91 Å².